The molecule has 1 saturated heterocycles. The van der Waals surface area contributed by atoms with Gasteiger partial charge in [-0.1, -0.05) is 26.0 Å². The molecule has 0 spiro atoms. The number of carbonyl (C=O) groups excluding carboxylic acids is 1. The van der Waals surface area contributed by atoms with Crippen molar-refractivity contribution < 1.29 is 17.9 Å². The van der Waals surface area contributed by atoms with E-state index in [1.165, 1.54) is 0 Å². The van der Waals surface area contributed by atoms with E-state index in [1.807, 2.05) is 21.7 Å². The van der Waals surface area contributed by atoms with E-state index in [1.54, 1.807) is 36.7 Å². The molecule has 3 aromatic rings. The predicted molar refractivity (Wildman–Crippen MR) is 139 cm³/mol. The Morgan fingerprint density at radius 2 is 2.05 bits per heavy atom. The molecular formula is C26H30N6O4S. The second kappa shape index (κ2) is 9.97. The summed E-state index contributed by atoms with van der Waals surface area (Å²) in [5.74, 6) is 2.12. The first-order chi connectivity index (χ1) is 17.7. The van der Waals surface area contributed by atoms with Gasteiger partial charge in [0.25, 0.3) is 15.9 Å². The number of rotatable bonds is 6. The lowest BCUT2D eigenvalue weighted by Crippen LogP contribution is -2.41. The average molecular weight is 523 g/mol. The Kier molecular flexibility index (Phi) is 6.72. The molecule has 37 heavy (non-hydrogen) atoms. The Balaban J connectivity index is 1.28. The van der Waals surface area contributed by atoms with Gasteiger partial charge in [-0.3, -0.25) is 9.36 Å². The van der Waals surface area contributed by atoms with Crippen LogP contribution in [0.5, 0.6) is 5.75 Å². The van der Waals surface area contributed by atoms with Crippen molar-refractivity contribution in [2.24, 2.45) is 16.0 Å². The third-order valence-corrected chi connectivity index (χ3v) is 7.80. The summed E-state index contributed by atoms with van der Waals surface area (Å²) in [6.45, 7) is 5.75. The van der Waals surface area contributed by atoms with Crippen LogP contribution in [-0.2, 0) is 15.8 Å². The van der Waals surface area contributed by atoms with Crippen LogP contribution in [0.25, 0.3) is 5.82 Å². The molecule has 2 aromatic heterocycles. The predicted octanol–water partition coefficient (Wildman–Crippen LogP) is 2.87. The van der Waals surface area contributed by atoms with Gasteiger partial charge < -0.3 is 15.4 Å². The molecule has 1 fully saturated rings. The number of likely N-dealkylation sites (tertiary alicyclic amines) is 1. The zero-order valence-electron chi connectivity index (χ0n) is 20.9. The summed E-state index contributed by atoms with van der Waals surface area (Å²) >= 11 is 0. The molecule has 5 rings (SSSR count). The first-order valence-corrected chi connectivity index (χ1v) is 13.9. The molecule has 0 radical (unpaired) electrons. The van der Waals surface area contributed by atoms with E-state index in [0.717, 1.165) is 18.7 Å². The number of aromatic nitrogens is 3. The van der Waals surface area contributed by atoms with Gasteiger partial charge in [-0.2, -0.15) is 0 Å². The summed E-state index contributed by atoms with van der Waals surface area (Å²) < 4.78 is 35.5. The Morgan fingerprint density at radius 1 is 1.22 bits per heavy atom. The molecule has 2 N–H and O–H groups in total. The minimum atomic E-state index is -3.61. The lowest BCUT2D eigenvalue weighted by molar-refractivity contribution is 0.0633. The smallest absolute Gasteiger partial charge is 0.259 e. The topological polar surface area (TPSA) is 133 Å². The Hall–Kier alpha value is -3.73. The Bertz CT molecular complexity index is 1460. The number of nitrogens with zero attached hydrogens (tertiary/aromatic N) is 5. The molecule has 4 heterocycles. The highest BCUT2D eigenvalue weighted by atomic mass is 32.2. The number of hydrogen-bond donors (Lipinski definition) is 1. The second-order valence-electron chi connectivity index (χ2n) is 9.78. The number of carbonyl (C=O) groups is 1. The molecule has 1 aromatic carbocycles. The summed E-state index contributed by atoms with van der Waals surface area (Å²) in [5, 5.41) is 0. The number of pyridine rings is 1. The number of hydrogen-bond acceptors (Lipinski definition) is 7. The van der Waals surface area contributed by atoms with Crippen LogP contribution in [0.3, 0.4) is 0 Å². The molecule has 2 aliphatic rings. The highest BCUT2D eigenvalue weighted by molar-refractivity contribution is 7.89. The van der Waals surface area contributed by atoms with Crippen LogP contribution in [-0.4, -0.2) is 59.3 Å². The van der Waals surface area contributed by atoms with Gasteiger partial charge in [0.15, 0.2) is 0 Å². The van der Waals surface area contributed by atoms with Gasteiger partial charge in [-0.05, 0) is 36.6 Å². The van der Waals surface area contributed by atoms with E-state index in [9.17, 15) is 13.2 Å². The van der Waals surface area contributed by atoms with Crippen molar-refractivity contribution in [1.82, 2.24) is 19.4 Å². The fourth-order valence-corrected chi connectivity index (χ4v) is 6.02. The van der Waals surface area contributed by atoms with Crippen LogP contribution in [0, 0.1) is 5.92 Å². The number of amides is 1. The zero-order chi connectivity index (χ0) is 26.2. The highest BCUT2D eigenvalue weighted by Gasteiger charge is 2.28. The van der Waals surface area contributed by atoms with Crippen molar-refractivity contribution in [2.75, 3.05) is 19.7 Å². The summed E-state index contributed by atoms with van der Waals surface area (Å²) in [6.07, 6.45) is 7.04. The lowest BCUT2D eigenvalue weighted by atomic mass is 9.98. The van der Waals surface area contributed by atoms with Crippen molar-refractivity contribution in [1.29, 1.82) is 0 Å². The highest BCUT2D eigenvalue weighted by Crippen LogP contribution is 2.29. The minimum absolute atomic E-state index is 0.0433. The van der Waals surface area contributed by atoms with E-state index in [4.69, 9.17) is 10.5 Å². The standard InChI is InChI=1S/C26H30N6O4S/c1-17(2)25-29-10-12-32(25)22-13-19(8-9-28-22)26(33)31-11-4-5-18(14-31)15-36-21-7-3-6-20-16-37(34,35)30-24(27)23(20)21/h3,6-10,12-13,17-18H,4-5,11,14-16H2,1-2H3,(H2,27,30)/t18-/m0/s1. The quantitative estimate of drug-likeness (QED) is 0.526. The number of sulfonamides is 1. The average Bonchev–Trinajstić information content (AvgIpc) is 3.37. The van der Waals surface area contributed by atoms with Crippen LogP contribution in [0.15, 0.2) is 53.3 Å². The number of fused-ring (bicyclic) bond motifs is 1. The van der Waals surface area contributed by atoms with E-state index in [-0.39, 0.29) is 29.3 Å². The molecule has 0 aliphatic carbocycles. The normalized spacial score (nSPS) is 18.8. The zero-order valence-corrected chi connectivity index (χ0v) is 21.7. The van der Waals surface area contributed by atoms with E-state index < -0.39 is 10.0 Å². The van der Waals surface area contributed by atoms with Gasteiger partial charge >= 0.3 is 0 Å². The summed E-state index contributed by atoms with van der Waals surface area (Å²) in [4.78, 5) is 24.1. The SMILES string of the molecule is CC(C)c1nccn1-c1cc(C(=O)N2CCC[C@H](COc3cccc4c3C(N)=NS(=O)(=O)C4)C2)ccn1. The maximum atomic E-state index is 13.4. The van der Waals surface area contributed by atoms with Crippen LogP contribution in [0.2, 0.25) is 0 Å². The molecule has 1 amide bonds. The van der Waals surface area contributed by atoms with Crippen molar-refractivity contribution in [3.05, 3.63) is 71.4 Å². The number of imidazole rings is 1. The molecule has 10 nitrogen and oxygen atoms in total. The fourth-order valence-electron chi connectivity index (χ4n) is 4.93. The van der Waals surface area contributed by atoms with Gasteiger partial charge in [-0.25, -0.2) is 18.4 Å². The fraction of sp³-hybridized carbons (Fsp3) is 0.385. The van der Waals surface area contributed by atoms with Crippen molar-refractivity contribution in [3.63, 3.8) is 0 Å². The monoisotopic (exact) mass is 522 g/mol. The molecular weight excluding hydrogens is 492 g/mol. The van der Waals surface area contributed by atoms with E-state index >= 15 is 0 Å². The van der Waals surface area contributed by atoms with Crippen molar-refractivity contribution >= 4 is 21.8 Å². The van der Waals surface area contributed by atoms with Crippen molar-refractivity contribution in [3.8, 4) is 11.6 Å². The Labute approximate surface area is 216 Å². The van der Waals surface area contributed by atoms with Gasteiger partial charge in [0.2, 0.25) is 0 Å². The number of nitrogens with two attached hydrogens (primary N) is 1. The number of ether oxygens (including phenoxy) is 1. The number of amidine groups is 1. The van der Waals surface area contributed by atoms with E-state index in [2.05, 4.69) is 28.2 Å². The minimum Gasteiger partial charge on any atom is -0.492 e. The molecule has 0 bridgehead atoms. The maximum Gasteiger partial charge on any atom is 0.259 e. The van der Waals surface area contributed by atoms with Gasteiger partial charge in [0, 0.05) is 49.1 Å². The van der Waals surface area contributed by atoms with Crippen LogP contribution >= 0.6 is 0 Å². The first-order valence-electron chi connectivity index (χ1n) is 12.3. The molecule has 1 atom stereocenters. The maximum absolute atomic E-state index is 13.4. The molecule has 0 saturated carbocycles. The third kappa shape index (κ3) is 5.22. The summed E-state index contributed by atoms with van der Waals surface area (Å²) in [6, 6.07) is 8.79. The van der Waals surface area contributed by atoms with Crippen LogP contribution in [0.1, 0.15) is 59.9 Å². The summed E-state index contributed by atoms with van der Waals surface area (Å²) in [5.41, 5.74) is 7.65. The number of piperidine rings is 1. The second-order valence-corrected chi connectivity index (χ2v) is 11.4. The Morgan fingerprint density at radius 3 is 2.86 bits per heavy atom. The van der Waals surface area contributed by atoms with Gasteiger partial charge in [-0.15, -0.1) is 4.40 Å². The molecule has 0 unspecified atom stereocenters. The lowest BCUT2D eigenvalue weighted by Gasteiger charge is -2.33. The van der Waals surface area contributed by atoms with Crippen LogP contribution < -0.4 is 10.5 Å². The first kappa shape index (κ1) is 24.9. The van der Waals surface area contributed by atoms with Crippen LogP contribution in [0.4, 0.5) is 0 Å². The van der Waals surface area contributed by atoms with Gasteiger partial charge in [0.1, 0.15) is 23.2 Å². The van der Waals surface area contributed by atoms with E-state index in [0.29, 0.717) is 48.0 Å². The van der Waals surface area contributed by atoms with Crippen molar-refractivity contribution in [2.45, 2.75) is 38.4 Å². The molecule has 194 valence electrons. The third-order valence-electron chi connectivity index (χ3n) is 6.65. The largest absolute Gasteiger partial charge is 0.492 e. The molecule has 2 aliphatic heterocycles. The number of benzene rings is 1. The summed E-state index contributed by atoms with van der Waals surface area (Å²) in [7, 11) is -3.61. The van der Waals surface area contributed by atoms with Gasteiger partial charge in [0.05, 0.1) is 17.9 Å². The molecule has 11 heteroatoms.